The summed E-state index contributed by atoms with van der Waals surface area (Å²) in [4.78, 5) is 15.3. The lowest BCUT2D eigenvalue weighted by Gasteiger charge is -2.13. The van der Waals surface area contributed by atoms with Crippen LogP contribution < -0.4 is 9.47 Å². The maximum Gasteiger partial charge on any atom is 0.276 e. The molecule has 0 aromatic heterocycles. The van der Waals surface area contributed by atoms with E-state index >= 15 is 0 Å². The Morgan fingerprint density at radius 1 is 1.09 bits per heavy atom. The molecule has 1 heterocycles. The van der Waals surface area contributed by atoms with Gasteiger partial charge in [0, 0.05) is 14.1 Å². The first-order valence-corrected chi connectivity index (χ1v) is 7.57. The fourth-order valence-corrected chi connectivity index (χ4v) is 2.39. The van der Waals surface area contributed by atoms with Crippen molar-refractivity contribution in [3.8, 4) is 11.5 Å². The Kier molecular flexibility index (Phi) is 5.03. The number of likely N-dealkylation sites (N-methyl/N-ethyl adjacent to an activating group) is 2. The highest BCUT2D eigenvalue weighted by Gasteiger charge is 2.32. The molecule has 1 aromatic rings. The molecule has 0 atom stereocenters. The van der Waals surface area contributed by atoms with Crippen LogP contribution in [0.2, 0.25) is 0 Å². The Morgan fingerprint density at radius 3 is 2.27 bits per heavy atom. The Morgan fingerprint density at radius 2 is 1.73 bits per heavy atom. The second-order valence-corrected chi connectivity index (χ2v) is 5.17. The van der Waals surface area contributed by atoms with E-state index < -0.39 is 0 Å². The van der Waals surface area contributed by atoms with Crippen molar-refractivity contribution in [3.05, 3.63) is 29.5 Å². The molecule has 0 saturated carbocycles. The first kappa shape index (κ1) is 16.3. The normalized spacial score (nSPS) is 16.6. The van der Waals surface area contributed by atoms with Crippen molar-refractivity contribution in [2.75, 3.05) is 27.3 Å². The van der Waals surface area contributed by atoms with Crippen molar-refractivity contribution >= 4 is 29.3 Å². The van der Waals surface area contributed by atoms with E-state index in [9.17, 15) is 4.79 Å². The first-order chi connectivity index (χ1) is 10.5. The first-order valence-electron chi connectivity index (χ1n) is 7.16. The van der Waals surface area contributed by atoms with Crippen LogP contribution in [0.1, 0.15) is 19.4 Å². The summed E-state index contributed by atoms with van der Waals surface area (Å²) in [6, 6.07) is 5.61. The van der Waals surface area contributed by atoms with Gasteiger partial charge >= 0.3 is 0 Å². The fraction of sp³-hybridized carbons (Fsp3) is 0.375. The monoisotopic (exact) mass is 320 g/mol. The Hall–Kier alpha value is -2.08. The van der Waals surface area contributed by atoms with Gasteiger partial charge in [-0.15, -0.1) is 0 Å². The number of nitrogens with zero attached hydrogens (tertiary/aromatic N) is 2. The molecule has 0 radical (unpaired) electrons. The maximum atomic E-state index is 12.2. The predicted molar refractivity (Wildman–Crippen MR) is 89.9 cm³/mol. The Bertz CT molecular complexity index is 628. The van der Waals surface area contributed by atoms with Crippen LogP contribution in [-0.2, 0) is 4.79 Å². The van der Waals surface area contributed by atoms with Gasteiger partial charge in [-0.2, -0.15) is 0 Å². The van der Waals surface area contributed by atoms with Gasteiger partial charge in [-0.1, -0.05) is 6.07 Å². The number of thiocarbonyl (C=S) groups is 1. The lowest BCUT2D eigenvalue weighted by atomic mass is 10.1. The molecule has 1 amide bonds. The zero-order valence-corrected chi connectivity index (χ0v) is 14.1. The fourth-order valence-electron chi connectivity index (χ4n) is 2.20. The van der Waals surface area contributed by atoms with Crippen LogP contribution in [0.25, 0.3) is 6.08 Å². The number of benzene rings is 1. The van der Waals surface area contributed by atoms with Crippen LogP contribution in [0.4, 0.5) is 0 Å². The van der Waals surface area contributed by atoms with Gasteiger partial charge in [0.15, 0.2) is 16.6 Å². The molecule has 5 nitrogen and oxygen atoms in total. The van der Waals surface area contributed by atoms with Crippen molar-refractivity contribution < 1.29 is 14.3 Å². The maximum absolute atomic E-state index is 12.2. The van der Waals surface area contributed by atoms with E-state index in [-0.39, 0.29) is 5.91 Å². The molecule has 1 saturated heterocycles. The van der Waals surface area contributed by atoms with Gasteiger partial charge in [-0.25, -0.2) is 0 Å². The molecule has 1 fully saturated rings. The largest absolute Gasteiger partial charge is 0.490 e. The van der Waals surface area contributed by atoms with Crippen molar-refractivity contribution in [1.82, 2.24) is 9.80 Å². The predicted octanol–water partition coefficient (Wildman–Crippen LogP) is 2.51. The second kappa shape index (κ2) is 6.79. The Balaban J connectivity index is 2.37. The van der Waals surface area contributed by atoms with Gasteiger partial charge in [-0.05, 0) is 49.8 Å². The molecule has 1 aromatic carbocycles. The summed E-state index contributed by atoms with van der Waals surface area (Å²) in [5, 5.41) is 0.493. The van der Waals surface area contributed by atoms with E-state index in [1.54, 1.807) is 25.1 Å². The molecule has 0 bridgehead atoms. The molecule has 0 N–H and O–H groups in total. The summed E-state index contributed by atoms with van der Waals surface area (Å²) in [6.07, 6.45) is 1.80. The van der Waals surface area contributed by atoms with Crippen molar-refractivity contribution in [1.29, 1.82) is 0 Å². The van der Waals surface area contributed by atoms with Crippen molar-refractivity contribution in [2.24, 2.45) is 0 Å². The smallest absolute Gasteiger partial charge is 0.276 e. The number of rotatable bonds is 5. The second-order valence-electron chi connectivity index (χ2n) is 4.81. The average Bonchev–Trinajstić information content (AvgIpc) is 2.68. The van der Waals surface area contributed by atoms with Crippen molar-refractivity contribution in [3.63, 3.8) is 0 Å². The summed E-state index contributed by atoms with van der Waals surface area (Å²) in [5.74, 6) is 1.26. The van der Waals surface area contributed by atoms with Crippen LogP contribution in [-0.4, -0.2) is 48.1 Å². The third-order valence-corrected chi connectivity index (χ3v) is 3.88. The van der Waals surface area contributed by atoms with E-state index in [4.69, 9.17) is 21.7 Å². The molecule has 0 aliphatic carbocycles. The molecule has 0 unspecified atom stereocenters. The van der Waals surface area contributed by atoms with Gasteiger partial charge in [-0.3, -0.25) is 9.69 Å². The average molecular weight is 320 g/mol. The molecular weight excluding hydrogens is 300 g/mol. The van der Waals surface area contributed by atoms with Crippen LogP contribution in [0.15, 0.2) is 23.9 Å². The molecule has 2 rings (SSSR count). The number of hydrogen-bond donors (Lipinski definition) is 0. The number of hydrogen-bond acceptors (Lipinski definition) is 4. The molecule has 6 heteroatoms. The van der Waals surface area contributed by atoms with Crippen LogP contribution in [0, 0.1) is 0 Å². The van der Waals surface area contributed by atoms with E-state index in [0.717, 1.165) is 5.56 Å². The highest BCUT2D eigenvalue weighted by Crippen LogP contribution is 2.30. The van der Waals surface area contributed by atoms with E-state index in [1.807, 2.05) is 32.0 Å². The topological polar surface area (TPSA) is 42.0 Å². The van der Waals surface area contributed by atoms with Gasteiger partial charge in [0.1, 0.15) is 5.70 Å². The quantitative estimate of drug-likeness (QED) is 0.616. The number of amides is 1. The third-order valence-electron chi connectivity index (χ3n) is 3.33. The SMILES string of the molecule is CCOc1ccc(/C=C2/C(=O)N(C)C(=S)N2C)cc1OCC. The van der Waals surface area contributed by atoms with Crippen LogP contribution in [0.3, 0.4) is 0 Å². The van der Waals surface area contributed by atoms with Gasteiger partial charge in [0.25, 0.3) is 5.91 Å². The van der Waals surface area contributed by atoms with Gasteiger partial charge in [0.2, 0.25) is 0 Å². The highest BCUT2D eigenvalue weighted by molar-refractivity contribution is 7.80. The molecule has 118 valence electrons. The minimum absolute atomic E-state index is 0.112. The molecule has 1 aliphatic rings. The molecular formula is C16H20N2O3S. The van der Waals surface area contributed by atoms with E-state index in [2.05, 4.69) is 0 Å². The highest BCUT2D eigenvalue weighted by atomic mass is 32.1. The Labute approximate surface area is 136 Å². The van der Waals surface area contributed by atoms with Crippen LogP contribution >= 0.6 is 12.2 Å². The lowest BCUT2D eigenvalue weighted by Crippen LogP contribution is -2.26. The lowest BCUT2D eigenvalue weighted by molar-refractivity contribution is -0.121. The molecule has 22 heavy (non-hydrogen) atoms. The minimum atomic E-state index is -0.112. The summed E-state index contributed by atoms with van der Waals surface area (Å²) in [7, 11) is 3.46. The standard InChI is InChI=1S/C16H20N2O3S/c1-5-20-13-8-7-11(10-14(13)21-6-2)9-12-15(19)18(4)16(22)17(12)3/h7-10H,5-6H2,1-4H3/b12-9-. The summed E-state index contributed by atoms with van der Waals surface area (Å²) in [6.45, 7) is 4.96. The van der Waals surface area contributed by atoms with E-state index in [1.165, 1.54) is 4.90 Å². The third kappa shape index (κ3) is 3.06. The minimum Gasteiger partial charge on any atom is -0.490 e. The summed E-state index contributed by atoms with van der Waals surface area (Å²) < 4.78 is 11.1. The van der Waals surface area contributed by atoms with Crippen LogP contribution in [0.5, 0.6) is 11.5 Å². The van der Waals surface area contributed by atoms with Gasteiger partial charge in [0.05, 0.1) is 13.2 Å². The summed E-state index contributed by atoms with van der Waals surface area (Å²) in [5.41, 5.74) is 1.40. The molecule has 1 aliphatic heterocycles. The number of carbonyl (C=O) groups excluding carboxylic acids is 1. The molecule has 0 spiro atoms. The van der Waals surface area contributed by atoms with Gasteiger partial charge < -0.3 is 14.4 Å². The zero-order chi connectivity index (χ0) is 16.3. The van der Waals surface area contributed by atoms with Crippen molar-refractivity contribution in [2.45, 2.75) is 13.8 Å². The zero-order valence-electron chi connectivity index (χ0n) is 13.3. The van der Waals surface area contributed by atoms with E-state index in [0.29, 0.717) is 35.5 Å². The summed E-state index contributed by atoms with van der Waals surface area (Å²) >= 11 is 5.20. The number of carbonyl (C=O) groups is 1. The number of ether oxygens (including phenoxy) is 2.